The van der Waals surface area contributed by atoms with Crippen LogP contribution >= 0.6 is 8.60 Å². The number of nitrogens with two attached hydrogens (primary N) is 1. The largest absolute Gasteiger partial charge is 0.425 e. The van der Waals surface area contributed by atoms with Crippen LogP contribution in [-0.4, -0.2) is 34.7 Å². The standard InChI is InChI=1S/C18H29FN3O5P.C2H6/c1-2-3-11-21-18(24)17(19)13-8-9-15(27-28(25)26)14(12-13)22-16(23)7-5-4-6-10-20;1-2/h8-9,12,17,25-26H,2-7,10-11,20H2,1H3,(H,21,24)(H,22,23);1-2H3. The first-order valence-electron chi connectivity index (χ1n) is 10.3. The fraction of sp³-hybridized carbons (Fsp3) is 0.600. The quantitative estimate of drug-likeness (QED) is 0.231. The number of nitrogens with one attached hydrogen (secondary N) is 2. The van der Waals surface area contributed by atoms with E-state index >= 15 is 0 Å². The molecule has 0 spiro atoms. The maximum absolute atomic E-state index is 14.5. The van der Waals surface area contributed by atoms with E-state index in [4.69, 9.17) is 20.0 Å². The topological polar surface area (TPSA) is 134 Å². The zero-order chi connectivity index (χ0) is 22.9. The van der Waals surface area contributed by atoms with Gasteiger partial charge in [-0.3, -0.25) is 9.59 Å². The first kappa shape index (κ1) is 28.2. The van der Waals surface area contributed by atoms with Crippen molar-refractivity contribution in [3.8, 4) is 5.75 Å². The van der Waals surface area contributed by atoms with Gasteiger partial charge < -0.3 is 30.7 Å². The Morgan fingerprint density at radius 2 is 1.90 bits per heavy atom. The summed E-state index contributed by atoms with van der Waals surface area (Å²) in [4.78, 5) is 42.2. The number of anilines is 1. The van der Waals surface area contributed by atoms with Crippen LogP contribution in [0.15, 0.2) is 18.2 Å². The monoisotopic (exact) mass is 447 g/mol. The highest BCUT2D eigenvalue weighted by Crippen LogP contribution is 2.37. The summed E-state index contributed by atoms with van der Waals surface area (Å²) in [6, 6.07) is 3.85. The van der Waals surface area contributed by atoms with Crippen molar-refractivity contribution in [1.29, 1.82) is 0 Å². The number of hydrogen-bond donors (Lipinski definition) is 5. The predicted octanol–water partition coefficient (Wildman–Crippen LogP) is 3.69. The summed E-state index contributed by atoms with van der Waals surface area (Å²) < 4.78 is 19.4. The molecule has 6 N–H and O–H groups in total. The lowest BCUT2D eigenvalue weighted by Gasteiger charge is -2.15. The van der Waals surface area contributed by atoms with Crippen LogP contribution in [0.4, 0.5) is 10.1 Å². The second-order valence-electron chi connectivity index (χ2n) is 6.25. The normalized spacial score (nSPS) is 11.3. The molecule has 1 aromatic carbocycles. The lowest BCUT2D eigenvalue weighted by Crippen LogP contribution is -2.28. The average Bonchev–Trinajstić information content (AvgIpc) is 2.73. The first-order valence-corrected chi connectivity index (χ1v) is 11.5. The Hall–Kier alpha value is -1.80. The molecule has 0 aromatic heterocycles. The van der Waals surface area contributed by atoms with Crippen molar-refractivity contribution in [2.75, 3.05) is 18.4 Å². The molecule has 0 aliphatic heterocycles. The summed E-state index contributed by atoms with van der Waals surface area (Å²) in [6.45, 7) is 6.89. The molecule has 0 heterocycles. The smallest absolute Gasteiger partial charge is 0.391 e. The van der Waals surface area contributed by atoms with Crippen LogP contribution in [0.3, 0.4) is 0 Å². The molecule has 0 saturated heterocycles. The number of carbonyl (C=O) groups is 2. The highest BCUT2D eigenvalue weighted by atomic mass is 31.2. The molecule has 0 saturated carbocycles. The van der Waals surface area contributed by atoms with E-state index in [1.165, 1.54) is 18.2 Å². The van der Waals surface area contributed by atoms with Crippen molar-refractivity contribution < 1.29 is 28.3 Å². The van der Waals surface area contributed by atoms with Gasteiger partial charge in [0.15, 0.2) is 5.75 Å². The minimum absolute atomic E-state index is 0.0197. The molecule has 0 aliphatic rings. The molecule has 8 nitrogen and oxygen atoms in total. The van der Waals surface area contributed by atoms with Gasteiger partial charge in [0.05, 0.1) is 5.69 Å². The number of alkyl halides is 1. The van der Waals surface area contributed by atoms with E-state index in [9.17, 15) is 14.0 Å². The van der Waals surface area contributed by atoms with Crippen molar-refractivity contribution in [3.05, 3.63) is 23.8 Å². The molecule has 1 unspecified atom stereocenters. The number of halogens is 1. The molecule has 1 atom stereocenters. The Bertz CT molecular complexity index is 634. The Morgan fingerprint density at radius 3 is 2.50 bits per heavy atom. The number of hydrogen-bond acceptors (Lipinski definition) is 6. The number of rotatable bonds is 13. The fourth-order valence-corrected chi connectivity index (χ4v) is 2.75. The van der Waals surface area contributed by atoms with E-state index in [1.807, 2.05) is 20.8 Å². The maximum Gasteiger partial charge on any atom is 0.391 e. The molecule has 1 aromatic rings. The van der Waals surface area contributed by atoms with Gasteiger partial charge in [0.2, 0.25) is 12.1 Å². The molecule has 0 bridgehead atoms. The third kappa shape index (κ3) is 11.4. The van der Waals surface area contributed by atoms with Gasteiger partial charge in [0.1, 0.15) is 0 Å². The second kappa shape index (κ2) is 16.9. The third-order valence-electron chi connectivity index (χ3n) is 3.92. The van der Waals surface area contributed by atoms with Crippen LogP contribution < -0.4 is 20.9 Å². The van der Waals surface area contributed by atoms with Gasteiger partial charge in [0, 0.05) is 13.0 Å². The first-order chi connectivity index (χ1) is 14.4. The van der Waals surface area contributed by atoms with E-state index in [0.717, 1.165) is 25.7 Å². The fourth-order valence-electron chi connectivity index (χ4n) is 2.42. The summed E-state index contributed by atoms with van der Waals surface area (Å²) in [5.74, 6) is -1.12. The average molecular weight is 447 g/mol. The minimum Gasteiger partial charge on any atom is -0.425 e. The van der Waals surface area contributed by atoms with E-state index in [0.29, 0.717) is 19.5 Å². The maximum atomic E-state index is 14.5. The Morgan fingerprint density at radius 1 is 1.20 bits per heavy atom. The SMILES string of the molecule is CC.CCCCNC(=O)C(F)c1ccc(OP(O)O)c(NC(=O)CCCCCN)c1. The lowest BCUT2D eigenvalue weighted by atomic mass is 10.1. The zero-order valence-electron chi connectivity index (χ0n) is 18.0. The summed E-state index contributed by atoms with van der Waals surface area (Å²) in [6.07, 6.45) is 2.17. The predicted molar refractivity (Wildman–Crippen MR) is 118 cm³/mol. The lowest BCUT2D eigenvalue weighted by molar-refractivity contribution is -0.126. The molecule has 30 heavy (non-hydrogen) atoms. The van der Waals surface area contributed by atoms with Crippen molar-refractivity contribution in [1.82, 2.24) is 5.32 Å². The highest BCUT2D eigenvalue weighted by Gasteiger charge is 2.22. The highest BCUT2D eigenvalue weighted by molar-refractivity contribution is 7.39. The van der Waals surface area contributed by atoms with Gasteiger partial charge in [-0.05, 0) is 43.5 Å². The molecule has 172 valence electrons. The van der Waals surface area contributed by atoms with Crippen molar-refractivity contribution in [3.63, 3.8) is 0 Å². The summed E-state index contributed by atoms with van der Waals surface area (Å²) in [5, 5.41) is 5.08. The van der Waals surface area contributed by atoms with Crippen LogP contribution in [0, 0.1) is 0 Å². The van der Waals surface area contributed by atoms with Crippen molar-refractivity contribution in [2.24, 2.45) is 5.73 Å². The van der Waals surface area contributed by atoms with E-state index < -0.39 is 20.7 Å². The Balaban J connectivity index is 0.00000407. The van der Waals surface area contributed by atoms with Gasteiger partial charge in [-0.25, -0.2) is 4.39 Å². The third-order valence-corrected chi connectivity index (χ3v) is 4.28. The van der Waals surface area contributed by atoms with Gasteiger partial charge >= 0.3 is 8.60 Å². The van der Waals surface area contributed by atoms with Gasteiger partial charge in [-0.15, -0.1) is 0 Å². The van der Waals surface area contributed by atoms with Crippen LogP contribution in [0.25, 0.3) is 0 Å². The van der Waals surface area contributed by atoms with Crippen LogP contribution in [0.5, 0.6) is 5.75 Å². The summed E-state index contributed by atoms with van der Waals surface area (Å²) in [5.41, 5.74) is 5.51. The number of amides is 2. The van der Waals surface area contributed by atoms with Gasteiger partial charge in [-0.2, -0.15) is 0 Å². The van der Waals surface area contributed by atoms with Gasteiger partial charge in [0.25, 0.3) is 5.91 Å². The Kier molecular flexibility index (Phi) is 15.9. The molecule has 2 amide bonds. The summed E-state index contributed by atoms with van der Waals surface area (Å²) in [7, 11) is -2.72. The molecule has 0 radical (unpaired) electrons. The zero-order valence-corrected chi connectivity index (χ0v) is 18.9. The number of carbonyl (C=O) groups excluding carboxylic acids is 2. The van der Waals surface area contributed by atoms with Crippen molar-refractivity contribution in [2.45, 2.75) is 65.5 Å². The number of benzene rings is 1. The Labute approximate surface area is 179 Å². The summed E-state index contributed by atoms with van der Waals surface area (Å²) >= 11 is 0. The molecule has 0 aliphatic carbocycles. The van der Waals surface area contributed by atoms with Gasteiger partial charge in [-0.1, -0.05) is 39.7 Å². The molecular weight excluding hydrogens is 412 g/mol. The van der Waals surface area contributed by atoms with Crippen LogP contribution in [0.2, 0.25) is 0 Å². The van der Waals surface area contributed by atoms with Crippen LogP contribution in [-0.2, 0) is 9.59 Å². The second-order valence-corrected chi connectivity index (χ2v) is 6.94. The minimum atomic E-state index is -2.72. The molecular formula is C20H35FN3O5P. The molecule has 1 rings (SSSR count). The van der Waals surface area contributed by atoms with Crippen molar-refractivity contribution >= 4 is 26.1 Å². The number of unbranched alkanes of at least 4 members (excludes halogenated alkanes) is 3. The molecule has 10 heteroatoms. The van der Waals surface area contributed by atoms with E-state index in [2.05, 4.69) is 10.6 Å². The van der Waals surface area contributed by atoms with E-state index in [1.54, 1.807) is 0 Å². The van der Waals surface area contributed by atoms with E-state index in [-0.39, 0.29) is 29.3 Å². The molecule has 0 fully saturated rings. The van der Waals surface area contributed by atoms with Crippen LogP contribution in [0.1, 0.15) is 71.0 Å².